The minimum atomic E-state index is 0.309. The molecule has 2 nitrogen and oxygen atoms in total. The van der Waals surface area contributed by atoms with Crippen molar-refractivity contribution in [3.63, 3.8) is 0 Å². The van der Waals surface area contributed by atoms with Crippen molar-refractivity contribution < 1.29 is 0 Å². The molecule has 0 aromatic heterocycles. The van der Waals surface area contributed by atoms with Gasteiger partial charge in [-0.3, -0.25) is 0 Å². The maximum absolute atomic E-state index is 5.77. The Kier molecular flexibility index (Phi) is 5.99. The molecule has 0 aliphatic carbocycles. The molecule has 0 fully saturated rings. The first-order valence-electron chi connectivity index (χ1n) is 6.52. The number of nitrogens with one attached hydrogen (secondary N) is 1. The fourth-order valence-corrected chi connectivity index (χ4v) is 1.43. The Morgan fingerprint density at radius 2 is 1.56 bits per heavy atom. The van der Waals surface area contributed by atoms with E-state index in [2.05, 4.69) is 53.8 Å². The summed E-state index contributed by atoms with van der Waals surface area (Å²) < 4.78 is 0. The van der Waals surface area contributed by atoms with Crippen LogP contribution in [0.5, 0.6) is 0 Å². The van der Waals surface area contributed by atoms with Crippen LogP contribution in [0.4, 0.5) is 0 Å². The minimum absolute atomic E-state index is 0.309. The van der Waals surface area contributed by atoms with Crippen LogP contribution in [0.25, 0.3) is 0 Å². The third-order valence-electron chi connectivity index (χ3n) is 4.25. The fourth-order valence-electron chi connectivity index (χ4n) is 1.43. The quantitative estimate of drug-likeness (QED) is 0.733. The maximum atomic E-state index is 5.77. The zero-order chi connectivity index (χ0) is 13.0. The topological polar surface area (TPSA) is 38.0 Å². The van der Waals surface area contributed by atoms with Crippen molar-refractivity contribution in [3.05, 3.63) is 0 Å². The van der Waals surface area contributed by atoms with Gasteiger partial charge in [0.1, 0.15) is 0 Å². The highest BCUT2D eigenvalue weighted by Gasteiger charge is 2.32. The molecule has 2 heteroatoms. The van der Waals surface area contributed by atoms with E-state index in [1.54, 1.807) is 0 Å². The summed E-state index contributed by atoms with van der Waals surface area (Å²) in [7, 11) is 0. The molecule has 0 amide bonds. The highest BCUT2D eigenvalue weighted by molar-refractivity contribution is 4.84. The summed E-state index contributed by atoms with van der Waals surface area (Å²) in [5.41, 5.74) is 6.41. The lowest BCUT2D eigenvalue weighted by Crippen LogP contribution is -2.42. The molecule has 98 valence electrons. The molecule has 0 heterocycles. The predicted molar refractivity (Wildman–Crippen MR) is 73.5 cm³/mol. The van der Waals surface area contributed by atoms with Crippen LogP contribution in [0.1, 0.15) is 48.5 Å². The van der Waals surface area contributed by atoms with Gasteiger partial charge in [-0.2, -0.15) is 0 Å². The number of nitrogens with two attached hydrogens (primary N) is 1. The van der Waals surface area contributed by atoms with Crippen molar-refractivity contribution in [2.24, 2.45) is 28.4 Å². The molecule has 0 aromatic rings. The lowest BCUT2D eigenvalue weighted by atomic mass is 9.69. The number of hydrogen-bond donors (Lipinski definition) is 2. The first-order valence-corrected chi connectivity index (χ1v) is 6.52. The average molecular weight is 228 g/mol. The van der Waals surface area contributed by atoms with Crippen molar-refractivity contribution in [2.75, 3.05) is 19.6 Å². The molecule has 0 saturated heterocycles. The number of hydrogen-bond acceptors (Lipinski definition) is 2. The first kappa shape index (κ1) is 15.9. The van der Waals surface area contributed by atoms with Crippen LogP contribution in [0.3, 0.4) is 0 Å². The lowest BCUT2D eigenvalue weighted by Gasteiger charge is -2.39. The average Bonchev–Trinajstić information content (AvgIpc) is 2.09. The van der Waals surface area contributed by atoms with Crippen LogP contribution >= 0.6 is 0 Å². The molecule has 0 bridgehead atoms. The molecular weight excluding hydrogens is 196 g/mol. The van der Waals surface area contributed by atoms with Gasteiger partial charge in [0, 0.05) is 6.54 Å². The smallest absolute Gasteiger partial charge is 0.000765 e. The number of rotatable bonds is 6. The molecule has 0 spiro atoms. The van der Waals surface area contributed by atoms with E-state index in [9.17, 15) is 0 Å². The molecule has 0 aliphatic heterocycles. The van der Waals surface area contributed by atoms with Gasteiger partial charge < -0.3 is 11.1 Å². The second-order valence-corrected chi connectivity index (χ2v) is 7.00. The summed E-state index contributed by atoms with van der Waals surface area (Å²) in [4.78, 5) is 0. The van der Waals surface area contributed by atoms with E-state index in [0.717, 1.165) is 19.6 Å². The highest BCUT2D eigenvalue weighted by atomic mass is 14.9. The third-order valence-corrected chi connectivity index (χ3v) is 4.25. The van der Waals surface area contributed by atoms with Crippen molar-refractivity contribution in [1.29, 1.82) is 0 Å². The molecule has 0 radical (unpaired) electrons. The Balaban J connectivity index is 4.07. The Labute approximate surface area is 102 Å². The van der Waals surface area contributed by atoms with Crippen molar-refractivity contribution in [2.45, 2.75) is 48.5 Å². The molecule has 1 unspecified atom stereocenters. The predicted octanol–water partition coefficient (Wildman–Crippen LogP) is 2.88. The standard InChI is InChI=1S/C14H32N2/c1-11(2)12(8-15)9-16-10-14(6,7)13(3,4)5/h11-12,16H,8-10,15H2,1-7H3. The SMILES string of the molecule is CC(C)C(CN)CNCC(C)(C)C(C)(C)C. The molecular formula is C14H32N2. The Morgan fingerprint density at radius 3 is 1.88 bits per heavy atom. The van der Waals surface area contributed by atoms with Gasteiger partial charge in [0.05, 0.1) is 0 Å². The monoisotopic (exact) mass is 228 g/mol. The van der Waals surface area contributed by atoms with Crippen LogP contribution in [-0.2, 0) is 0 Å². The van der Waals surface area contributed by atoms with Crippen LogP contribution in [-0.4, -0.2) is 19.6 Å². The summed E-state index contributed by atoms with van der Waals surface area (Å²) >= 11 is 0. The second kappa shape index (κ2) is 6.02. The lowest BCUT2D eigenvalue weighted by molar-refractivity contribution is 0.126. The Bertz CT molecular complexity index is 189. The van der Waals surface area contributed by atoms with E-state index in [1.165, 1.54) is 0 Å². The van der Waals surface area contributed by atoms with E-state index in [4.69, 9.17) is 5.73 Å². The van der Waals surface area contributed by atoms with Crippen LogP contribution in [0, 0.1) is 22.7 Å². The van der Waals surface area contributed by atoms with Crippen LogP contribution in [0.15, 0.2) is 0 Å². The summed E-state index contributed by atoms with van der Waals surface area (Å²) in [6.07, 6.45) is 0. The van der Waals surface area contributed by atoms with Crippen LogP contribution < -0.4 is 11.1 Å². The Morgan fingerprint density at radius 1 is 1.06 bits per heavy atom. The van der Waals surface area contributed by atoms with E-state index in [0.29, 0.717) is 22.7 Å². The highest BCUT2D eigenvalue weighted by Crippen LogP contribution is 2.36. The molecule has 3 N–H and O–H groups in total. The van der Waals surface area contributed by atoms with E-state index in [-0.39, 0.29) is 0 Å². The summed E-state index contributed by atoms with van der Waals surface area (Å²) in [6.45, 7) is 18.9. The molecule has 0 saturated carbocycles. The second-order valence-electron chi connectivity index (χ2n) is 7.00. The van der Waals surface area contributed by atoms with Gasteiger partial charge in [-0.05, 0) is 35.8 Å². The van der Waals surface area contributed by atoms with E-state index in [1.807, 2.05) is 0 Å². The zero-order valence-corrected chi connectivity index (χ0v) is 12.4. The van der Waals surface area contributed by atoms with Gasteiger partial charge in [0.2, 0.25) is 0 Å². The molecule has 0 rings (SSSR count). The van der Waals surface area contributed by atoms with Gasteiger partial charge in [-0.25, -0.2) is 0 Å². The fraction of sp³-hybridized carbons (Fsp3) is 1.00. The van der Waals surface area contributed by atoms with Gasteiger partial charge in [-0.1, -0.05) is 48.5 Å². The zero-order valence-electron chi connectivity index (χ0n) is 12.4. The van der Waals surface area contributed by atoms with Crippen molar-refractivity contribution >= 4 is 0 Å². The normalized spacial score (nSPS) is 15.6. The minimum Gasteiger partial charge on any atom is -0.330 e. The summed E-state index contributed by atoms with van der Waals surface area (Å²) in [6, 6.07) is 0. The molecule has 16 heavy (non-hydrogen) atoms. The third kappa shape index (κ3) is 4.84. The molecule has 0 aliphatic rings. The van der Waals surface area contributed by atoms with Gasteiger partial charge in [0.15, 0.2) is 0 Å². The summed E-state index contributed by atoms with van der Waals surface area (Å²) in [5, 5.41) is 3.58. The van der Waals surface area contributed by atoms with Crippen LogP contribution in [0.2, 0.25) is 0 Å². The van der Waals surface area contributed by atoms with E-state index < -0.39 is 0 Å². The Hall–Kier alpha value is -0.0800. The van der Waals surface area contributed by atoms with Crippen molar-refractivity contribution in [1.82, 2.24) is 5.32 Å². The van der Waals surface area contributed by atoms with Gasteiger partial charge in [0.25, 0.3) is 0 Å². The van der Waals surface area contributed by atoms with Gasteiger partial charge in [-0.15, -0.1) is 0 Å². The maximum Gasteiger partial charge on any atom is 0.000765 e. The van der Waals surface area contributed by atoms with Gasteiger partial charge >= 0.3 is 0 Å². The largest absolute Gasteiger partial charge is 0.330 e. The molecule has 1 atom stereocenters. The molecule has 0 aromatic carbocycles. The van der Waals surface area contributed by atoms with Crippen molar-refractivity contribution in [3.8, 4) is 0 Å². The first-order chi connectivity index (χ1) is 7.12. The van der Waals surface area contributed by atoms with E-state index >= 15 is 0 Å². The summed E-state index contributed by atoms with van der Waals surface area (Å²) in [5.74, 6) is 1.26.